The molecule has 0 atom stereocenters. The SMILES string of the molecule is CC(C)Oc1ccc(NC(=O)NC(=O)c2ccc([N+](=O)[O-])cc2)cc1. The molecule has 2 N–H and O–H groups in total. The first-order chi connectivity index (χ1) is 11.8. The van der Waals surface area contributed by atoms with Gasteiger partial charge >= 0.3 is 6.03 Å². The zero-order chi connectivity index (χ0) is 18.4. The number of ether oxygens (including phenoxy) is 1. The van der Waals surface area contributed by atoms with Crippen LogP contribution in [0.4, 0.5) is 16.2 Å². The Hall–Kier alpha value is -3.42. The summed E-state index contributed by atoms with van der Waals surface area (Å²) in [5.41, 5.74) is 0.497. The number of anilines is 1. The number of urea groups is 1. The summed E-state index contributed by atoms with van der Waals surface area (Å²) in [6.07, 6.45) is 0.0430. The van der Waals surface area contributed by atoms with Crippen LogP contribution in [0.5, 0.6) is 5.75 Å². The van der Waals surface area contributed by atoms with Crippen molar-refractivity contribution in [3.8, 4) is 5.75 Å². The van der Waals surface area contributed by atoms with Crippen LogP contribution >= 0.6 is 0 Å². The second-order valence-electron chi connectivity index (χ2n) is 5.40. The maximum atomic E-state index is 11.9. The van der Waals surface area contributed by atoms with E-state index in [0.717, 1.165) is 0 Å². The van der Waals surface area contributed by atoms with Crippen LogP contribution in [-0.4, -0.2) is 23.0 Å². The summed E-state index contributed by atoms with van der Waals surface area (Å²) in [5, 5.41) is 15.2. The molecule has 0 radical (unpaired) electrons. The highest BCUT2D eigenvalue weighted by molar-refractivity contribution is 6.08. The van der Waals surface area contributed by atoms with Gasteiger partial charge in [0.15, 0.2) is 0 Å². The van der Waals surface area contributed by atoms with E-state index in [4.69, 9.17) is 4.74 Å². The number of carbonyl (C=O) groups excluding carboxylic acids is 2. The fraction of sp³-hybridized carbons (Fsp3) is 0.176. The van der Waals surface area contributed by atoms with Crippen molar-refractivity contribution < 1.29 is 19.2 Å². The van der Waals surface area contributed by atoms with Gasteiger partial charge in [-0.05, 0) is 50.2 Å². The summed E-state index contributed by atoms with van der Waals surface area (Å²) in [7, 11) is 0. The Bertz CT molecular complexity index is 770. The van der Waals surface area contributed by atoms with Gasteiger partial charge in [-0.1, -0.05) is 0 Å². The zero-order valence-electron chi connectivity index (χ0n) is 13.7. The van der Waals surface area contributed by atoms with Gasteiger partial charge in [0, 0.05) is 23.4 Å². The smallest absolute Gasteiger partial charge is 0.326 e. The topological polar surface area (TPSA) is 111 Å². The minimum Gasteiger partial charge on any atom is -0.491 e. The molecule has 8 nitrogen and oxygen atoms in total. The first-order valence-electron chi connectivity index (χ1n) is 7.48. The number of hydrogen-bond donors (Lipinski definition) is 2. The average molecular weight is 343 g/mol. The summed E-state index contributed by atoms with van der Waals surface area (Å²) in [6, 6.07) is 10.9. The summed E-state index contributed by atoms with van der Waals surface area (Å²) in [4.78, 5) is 33.8. The molecule has 0 unspecified atom stereocenters. The Balaban J connectivity index is 1.92. The van der Waals surface area contributed by atoms with Crippen molar-refractivity contribution in [2.75, 3.05) is 5.32 Å². The Labute approximate surface area is 144 Å². The monoisotopic (exact) mass is 343 g/mol. The van der Waals surface area contributed by atoms with Gasteiger partial charge in [0.2, 0.25) is 0 Å². The molecule has 2 rings (SSSR count). The van der Waals surface area contributed by atoms with Gasteiger partial charge in [0.1, 0.15) is 5.75 Å². The third kappa shape index (κ3) is 5.31. The van der Waals surface area contributed by atoms with E-state index in [-0.39, 0.29) is 17.4 Å². The van der Waals surface area contributed by atoms with E-state index in [1.807, 2.05) is 13.8 Å². The molecule has 2 aromatic rings. The Morgan fingerprint density at radius 2 is 1.64 bits per heavy atom. The van der Waals surface area contributed by atoms with E-state index < -0.39 is 16.9 Å². The fourth-order valence-electron chi connectivity index (χ4n) is 1.96. The maximum Gasteiger partial charge on any atom is 0.326 e. The molecular formula is C17H17N3O5. The number of amides is 3. The number of benzene rings is 2. The lowest BCUT2D eigenvalue weighted by atomic mass is 10.2. The number of rotatable bonds is 5. The fourth-order valence-corrected chi connectivity index (χ4v) is 1.96. The standard InChI is InChI=1S/C17H17N3O5/c1-11(2)25-15-9-5-13(6-10-15)18-17(22)19-16(21)12-3-7-14(8-4-12)20(23)24/h3-11H,1-2H3,(H2,18,19,21,22). The van der Waals surface area contributed by atoms with Crippen LogP contribution in [0.3, 0.4) is 0 Å². The van der Waals surface area contributed by atoms with Crippen molar-refractivity contribution in [3.05, 3.63) is 64.2 Å². The van der Waals surface area contributed by atoms with Crippen LogP contribution in [0.15, 0.2) is 48.5 Å². The van der Waals surface area contributed by atoms with Gasteiger partial charge in [0.25, 0.3) is 11.6 Å². The first kappa shape index (κ1) is 17.9. The van der Waals surface area contributed by atoms with E-state index in [0.29, 0.717) is 11.4 Å². The summed E-state index contributed by atoms with van der Waals surface area (Å²) >= 11 is 0. The van der Waals surface area contributed by atoms with Crippen molar-refractivity contribution >= 4 is 23.3 Å². The molecule has 0 aliphatic heterocycles. The number of nitro groups is 1. The molecule has 0 spiro atoms. The van der Waals surface area contributed by atoms with Gasteiger partial charge in [-0.2, -0.15) is 0 Å². The van der Waals surface area contributed by atoms with Crippen molar-refractivity contribution in [1.82, 2.24) is 5.32 Å². The molecule has 8 heteroatoms. The van der Waals surface area contributed by atoms with Crippen LogP contribution in [0.25, 0.3) is 0 Å². The molecule has 0 aliphatic carbocycles. The highest BCUT2D eigenvalue weighted by Gasteiger charge is 2.12. The largest absolute Gasteiger partial charge is 0.491 e. The van der Waals surface area contributed by atoms with Gasteiger partial charge in [0.05, 0.1) is 11.0 Å². The van der Waals surface area contributed by atoms with Crippen molar-refractivity contribution in [2.24, 2.45) is 0 Å². The van der Waals surface area contributed by atoms with E-state index in [1.54, 1.807) is 24.3 Å². The number of nitrogens with zero attached hydrogens (tertiary/aromatic N) is 1. The second kappa shape index (κ2) is 7.91. The quantitative estimate of drug-likeness (QED) is 0.639. The van der Waals surface area contributed by atoms with Crippen molar-refractivity contribution in [1.29, 1.82) is 0 Å². The molecule has 25 heavy (non-hydrogen) atoms. The van der Waals surface area contributed by atoms with E-state index in [1.165, 1.54) is 24.3 Å². The molecule has 0 aliphatic rings. The number of non-ortho nitro benzene ring substituents is 1. The van der Waals surface area contributed by atoms with E-state index in [9.17, 15) is 19.7 Å². The lowest BCUT2D eigenvalue weighted by Crippen LogP contribution is -2.34. The first-order valence-corrected chi connectivity index (χ1v) is 7.48. The van der Waals surface area contributed by atoms with Gasteiger partial charge in [-0.25, -0.2) is 4.79 Å². The Morgan fingerprint density at radius 1 is 1.04 bits per heavy atom. The summed E-state index contributed by atoms with van der Waals surface area (Å²) in [5.74, 6) is 0.00933. The van der Waals surface area contributed by atoms with Crippen LogP contribution in [-0.2, 0) is 0 Å². The lowest BCUT2D eigenvalue weighted by Gasteiger charge is -2.11. The lowest BCUT2D eigenvalue weighted by molar-refractivity contribution is -0.384. The van der Waals surface area contributed by atoms with Crippen molar-refractivity contribution in [2.45, 2.75) is 20.0 Å². The van der Waals surface area contributed by atoms with Gasteiger partial charge < -0.3 is 10.1 Å². The maximum absolute atomic E-state index is 11.9. The minimum absolute atomic E-state index is 0.0430. The Morgan fingerprint density at radius 3 is 2.16 bits per heavy atom. The molecule has 0 fully saturated rings. The molecule has 0 bridgehead atoms. The second-order valence-corrected chi connectivity index (χ2v) is 5.40. The summed E-state index contributed by atoms with van der Waals surface area (Å²) in [6.45, 7) is 3.81. The number of nitro benzene ring substituents is 1. The molecule has 0 heterocycles. The summed E-state index contributed by atoms with van der Waals surface area (Å²) < 4.78 is 5.49. The number of imide groups is 1. The molecule has 2 aromatic carbocycles. The van der Waals surface area contributed by atoms with Gasteiger partial charge in [-0.15, -0.1) is 0 Å². The third-order valence-corrected chi connectivity index (χ3v) is 3.05. The molecule has 130 valence electrons. The molecule has 0 aromatic heterocycles. The van der Waals surface area contributed by atoms with E-state index in [2.05, 4.69) is 10.6 Å². The third-order valence-electron chi connectivity index (χ3n) is 3.05. The molecular weight excluding hydrogens is 326 g/mol. The predicted molar refractivity (Wildman–Crippen MR) is 91.8 cm³/mol. The number of nitrogens with one attached hydrogen (secondary N) is 2. The molecule has 0 saturated heterocycles. The highest BCUT2D eigenvalue weighted by atomic mass is 16.6. The zero-order valence-corrected chi connectivity index (χ0v) is 13.7. The number of carbonyl (C=O) groups is 2. The van der Waals surface area contributed by atoms with Crippen LogP contribution in [0.2, 0.25) is 0 Å². The molecule has 3 amide bonds. The number of hydrogen-bond acceptors (Lipinski definition) is 5. The molecule has 0 saturated carbocycles. The predicted octanol–water partition coefficient (Wildman–Crippen LogP) is 3.34. The minimum atomic E-state index is -0.708. The van der Waals surface area contributed by atoms with Crippen LogP contribution in [0.1, 0.15) is 24.2 Å². The van der Waals surface area contributed by atoms with Crippen LogP contribution < -0.4 is 15.4 Å². The highest BCUT2D eigenvalue weighted by Crippen LogP contribution is 2.17. The Kier molecular flexibility index (Phi) is 5.67. The van der Waals surface area contributed by atoms with Crippen molar-refractivity contribution in [3.63, 3.8) is 0 Å². The average Bonchev–Trinajstić information content (AvgIpc) is 2.56. The van der Waals surface area contributed by atoms with Gasteiger partial charge in [-0.3, -0.25) is 20.2 Å². The van der Waals surface area contributed by atoms with Crippen LogP contribution in [0, 0.1) is 10.1 Å². The normalized spacial score (nSPS) is 10.2. The van der Waals surface area contributed by atoms with E-state index >= 15 is 0 Å².